The number of benzene rings is 1. The maximum absolute atomic E-state index is 12.2. The number of ether oxygens (including phenoxy) is 1. The number of aryl methyl sites for hydroxylation is 2. The van der Waals surface area contributed by atoms with Gasteiger partial charge in [-0.15, -0.1) is 0 Å². The fourth-order valence-corrected chi connectivity index (χ4v) is 3.51. The van der Waals surface area contributed by atoms with Crippen molar-refractivity contribution in [1.82, 2.24) is 14.6 Å². The van der Waals surface area contributed by atoms with E-state index in [4.69, 9.17) is 4.74 Å². The van der Waals surface area contributed by atoms with Crippen LogP contribution < -0.4 is 15.6 Å². The van der Waals surface area contributed by atoms with Gasteiger partial charge in [0.05, 0.1) is 19.3 Å². The number of anilines is 1. The van der Waals surface area contributed by atoms with Crippen molar-refractivity contribution < 1.29 is 4.74 Å². The largest absolute Gasteiger partial charge is 0.496 e. The highest BCUT2D eigenvalue weighted by Crippen LogP contribution is 2.29. The summed E-state index contributed by atoms with van der Waals surface area (Å²) in [5.74, 6) is 0.874. The van der Waals surface area contributed by atoms with Crippen LogP contribution in [0.2, 0.25) is 0 Å². The van der Waals surface area contributed by atoms with Gasteiger partial charge in [-0.2, -0.15) is 9.61 Å². The smallest absolute Gasteiger partial charge is 0.275 e. The minimum absolute atomic E-state index is 0.147. The second-order valence-electron chi connectivity index (χ2n) is 5.57. The summed E-state index contributed by atoms with van der Waals surface area (Å²) in [4.78, 5) is 17.3. The lowest BCUT2D eigenvalue weighted by atomic mass is 10.1. The highest BCUT2D eigenvalue weighted by atomic mass is 32.1. The van der Waals surface area contributed by atoms with Gasteiger partial charge in [0, 0.05) is 17.3 Å². The zero-order chi connectivity index (χ0) is 17.3. The van der Waals surface area contributed by atoms with E-state index in [-0.39, 0.29) is 5.56 Å². The van der Waals surface area contributed by atoms with Gasteiger partial charge in [-0.3, -0.25) is 4.79 Å². The van der Waals surface area contributed by atoms with Crippen molar-refractivity contribution in [2.24, 2.45) is 0 Å². The number of methoxy groups -OCH3 is 1. The Balaban J connectivity index is 1.87. The van der Waals surface area contributed by atoms with Gasteiger partial charge in [0.25, 0.3) is 5.56 Å². The summed E-state index contributed by atoms with van der Waals surface area (Å²) in [6, 6.07) is 5.55. The lowest BCUT2D eigenvalue weighted by molar-refractivity contribution is 0.409. The predicted octanol–water partition coefficient (Wildman–Crippen LogP) is 2.95. The normalized spacial score (nSPS) is 11.0. The number of rotatable bonds is 5. The molecule has 3 rings (SSSR count). The van der Waals surface area contributed by atoms with Crippen molar-refractivity contribution in [3.05, 3.63) is 50.4 Å². The zero-order valence-electron chi connectivity index (χ0n) is 14.2. The zero-order valence-corrected chi connectivity index (χ0v) is 15.0. The van der Waals surface area contributed by atoms with Gasteiger partial charge in [-0.25, -0.2) is 4.98 Å². The Bertz CT molecular complexity index is 946. The van der Waals surface area contributed by atoms with Crippen LogP contribution in [0, 0.1) is 13.8 Å². The molecule has 24 heavy (non-hydrogen) atoms. The topological polar surface area (TPSA) is 68.5 Å². The first kappa shape index (κ1) is 16.4. The minimum Gasteiger partial charge on any atom is -0.496 e. The molecule has 0 saturated heterocycles. The van der Waals surface area contributed by atoms with Gasteiger partial charge in [0.2, 0.25) is 4.96 Å². The van der Waals surface area contributed by atoms with Gasteiger partial charge in [0.15, 0.2) is 0 Å². The third-order valence-corrected chi connectivity index (χ3v) is 4.96. The Hall–Kier alpha value is -2.41. The van der Waals surface area contributed by atoms with Crippen LogP contribution in [0.15, 0.2) is 23.0 Å². The summed E-state index contributed by atoms with van der Waals surface area (Å²) >= 11 is 1.45. The molecule has 0 unspecified atom stereocenters. The maximum Gasteiger partial charge on any atom is 0.275 e. The van der Waals surface area contributed by atoms with Gasteiger partial charge in [-0.1, -0.05) is 24.3 Å². The van der Waals surface area contributed by atoms with E-state index in [2.05, 4.69) is 15.4 Å². The summed E-state index contributed by atoms with van der Waals surface area (Å²) in [6.45, 7) is 6.51. The lowest BCUT2D eigenvalue weighted by Gasteiger charge is -2.14. The molecule has 1 aromatic carbocycles. The first-order chi connectivity index (χ1) is 11.5. The van der Waals surface area contributed by atoms with Crippen LogP contribution in [0.3, 0.4) is 0 Å². The Labute approximate surface area is 144 Å². The number of nitrogens with one attached hydrogen (secondary N) is 1. The fraction of sp³-hybridized carbons (Fsp3) is 0.353. The Morgan fingerprint density at radius 2 is 2.12 bits per heavy atom. The van der Waals surface area contributed by atoms with E-state index in [1.807, 2.05) is 32.9 Å². The van der Waals surface area contributed by atoms with Crippen molar-refractivity contribution >= 4 is 22.0 Å². The Morgan fingerprint density at radius 1 is 1.33 bits per heavy atom. The highest BCUT2D eigenvalue weighted by Gasteiger charge is 2.10. The molecule has 0 saturated carbocycles. The summed E-state index contributed by atoms with van der Waals surface area (Å²) in [5, 5.41) is 8.50. The van der Waals surface area contributed by atoms with Gasteiger partial charge < -0.3 is 10.1 Å². The first-order valence-corrected chi connectivity index (χ1v) is 8.62. The highest BCUT2D eigenvalue weighted by molar-refractivity contribution is 7.16. The van der Waals surface area contributed by atoms with Crippen molar-refractivity contribution in [1.29, 1.82) is 0 Å². The molecule has 0 spiro atoms. The van der Waals surface area contributed by atoms with Crippen molar-refractivity contribution in [3.63, 3.8) is 0 Å². The molecule has 0 aliphatic heterocycles. The summed E-state index contributed by atoms with van der Waals surface area (Å²) in [7, 11) is 1.67. The van der Waals surface area contributed by atoms with Crippen LogP contribution in [-0.4, -0.2) is 21.7 Å². The second kappa shape index (κ2) is 6.60. The van der Waals surface area contributed by atoms with Crippen molar-refractivity contribution in [2.75, 3.05) is 12.4 Å². The Morgan fingerprint density at radius 3 is 2.83 bits per heavy atom. The molecule has 0 aliphatic rings. The molecular formula is C17H20N4O2S. The summed E-state index contributed by atoms with van der Waals surface area (Å²) < 4.78 is 6.81. The van der Waals surface area contributed by atoms with Crippen molar-refractivity contribution in [2.45, 2.75) is 33.7 Å². The number of hydrogen-bond acceptors (Lipinski definition) is 6. The van der Waals surface area contributed by atoms with Crippen LogP contribution in [0.4, 0.5) is 5.69 Å². The number of fused-ring (bicyclic) bond motifs is 1. The van der Waals surface area contributed by atoms with E-state index in [0.29, 0.717) is 17.2 Å². The molecule has 0 radical (unpaired) electrons. The van der Waals surface area contributed by atoms with Crippen LogP contribution >= 0.6 is 11.3 Å². The van der Waals surface area contributed by atoms with Crippen LogP contribution in [0.1, 0.15) is 28.8 Å². The molecule has 7 heteroatoms. The molecular weight excluding hydrogens is 324 g/mol. The van der Waals surface area contributed by atoms with Crippen LogP contribution in [-0.2, 0) is 13.0 Å². The summed E-state index contributed by atoms with van der Waals surface area (Å²) in [6.07, 6.45) is 0.795. The SMILES string of the molecule is CCc1nn2c(=O)cc(CNc3ccc(C)c(OC)c3C)nc2s1. The van der Waals surface area contributed by atoms with E-state index < -0.39 is 0 Å². The number of aromatic nitrogens is 3. The Kier molecular flexibility index (Phi) is 4.53. The second-order valence-corrected chi connectivity index (χ2v) is 6.61. The van der Waals surface area contributed by atoms with E-state index in [9.17, 15) is 4.79 Å². The lowest BCUT2D eigenvalue weighted by Crippen LogP contribution is -2.17. The molecule has 6 nitrogen and oxygen atoms in total. The molecule has 126 valence electrons. The third-order valence-electron chi connectivity index (χ3n) is 3.91. The van der Waals surface area contributed by atoms with Crippen LogP contribution in [0.25, 0.3) is 4.96 Å². The number of nitrogens with zero attached hydrogens (tertiary/aromatic N) is 3. The monoisotopic (exact) mass is 344 g/mol. The van der Waals surface area contributed by atoms with E-state index >= 15 is 0 Å². The van der Waals surface area contributed by atoms with Crippen LogP contribution in [0.5, 0.6) is 5.75 Å². The molecule has 3 aromatic rings. The van der Waals surface area contributed by atoms with Gasteiger partial charge >= 0.3 is 0 Å². The average molecular weight is 344 g/mol. The molecule has 0 aliphatic carbocycles. The summed E-state index contributed by atoms with van der Waals surface area (Å²) in [5.41, 5.74) is 3.66. The standard InChI is InChI=1S/C17H20N4O2S/c1-5-14-20-21-15(22)8-12(19-17(21)24-14)9-18-13-7-6-10(2)16(23-4)11(13)3/h6-8,18H,5,9H2,1-4H3. The fourth-order valence-electron chi connectivity index (χ4n) is 2.65. The molecule has 2 heterocycles. The first-order valence-electron chi connectivity index (χ1n) is 7.80. The molecule has 2 aromatic heterocycles. The quantitative estimate of drug-likeness (QED) is 0.771. The minimum atomic E-state index is -0.147. The number of hydrogen-bond donors (Lipinski definition) is 1. The molecule has 0 fully saturated rings. The molecule has 0 atom stereocenters. The van der Waals surface area contributed by atoms with Gasteiger partial charge in [0.1, 0.15) is 10.8 Å². The average Bonchev–Trinajstić information content (AvgIpc) is 2.98. The third kappa shape index (κ3) is 2.99. The molecule has 0 bridgehead atoms. The van der Waals surface area contributed by atoms with E-state index in [1.165, 1.54) is 21.9 Å². The van der Waals surface area contributed by atoms with E-state index in [0.717, 1.165) is 34.0 Å². The van der Waals surface area contributed by atoms with Gasteiger partial charge in [-0.05, 0) is 31.9 Å². The maximum atomic E-state index is 12.2. The predicted molar refractivity (Wildman–Crippen MR) is 96.3 cm³/mol. The molecule has 1 N–H and O–H groups in total. The van der Waals surface area contributed by atoms with E-state index in [1.54, 1.807) is 7.11 Å². The molecule has 0 amide bonds. The van der Waals surface area contributed by atoms with Crippen molar-refractivity contribution in [3.8, 4) is 5.75 Å².